The van der Waals surface area contributed by atoms with Gasteiger partial charge in [0, 0.05) is 54.0 Å². The van der Waals surface area contributed by atoms with Gasteiger partial charge in [-0.1, -0.05) is 0 Å². The number of nitrogens with zero attached hydrogens (tertiary/aromatic N) is 5. The number of halogens is 2. The van der Waals surface area contributed by atoms with Crippen LogP contribution in [0.25, 0.3) is 27.8 Å². The van der Waals surface area contributed by atoms with Gasteiger partial charge in [0.25, 0.3) is 0 Å². The predicted molar refractivity (Wildman–Crippen MR) is 96.7 cm³/mol. The van der Waals surface area contributed by atoms with Gasteiger partial charge < -0.3 is 10.3 Å². The number of hydrogen-bond acceptors (Lipinski definition) is 5. The van der Waals surface area contributed by atoms with Gasteiger partial charge in [-0.25, -0.2) is 23.3 Å². The molecule has 0 atom stereocenters. The summed E-state index contributed by atoms with van der Waals surface area (Å²) in [7, 11) is 0. The van der Waals surface area contributed by atoms with E-state index in [-0.39, 0.29) is 18.9 Å². The number of nitrogens with one attached hydrogen (secondary N) is 2. The molecule has 7 nitrogen and oxygen atoms in total. The lowest BCUT2D eigenvalue weighted by Crippen LogP contribution is -2.32. The number of aromatic nitrogens is 6. The minimum Gasteiger partial charge on any atom is -0.351 e. The van der Waals surface area contributed by atoms with Gasteiger partial charge in [0.1, 0.15) is 12.0 Å². The molecule has 27 heavy (non-hydrogen) atoms. The first-order chi connectivity index (χ1) is 13.1. The monoisotopic (exact) mass is 369 g/mol. The second kappa shape index (κ2) is 5.97. The Morgan fingerprint density at radius 3 is 2.89 bits per heavy atom. The lowest BCUT2D eigenvalue weighted by molar-refractivity contribution is -0.0361. The van der Waals surface area contributed by atoms with Crippen LogP contribution in [0.1, 0.15) is 25.7 Å². The summed E-state index contributed by atoms with van der Waals surface area (Å²) in [5, 5.41) is 8.23. The van der Waals surface area contributed by atoms with E-state index in [9.17, 15) is 8.78 Å². The maximum Gasteiger partial charge on any atom is 0.248 e. The maximum atomic E-state index is 13.3. The number of pyridine rings is 1. The summed E-state index contributed by atoms with van der Waals surface area (Å²) in [5.41, 5.74) is 3.41. The van der Waals surface area contributed by atoms with Crippen molar-refractivity contribution < 1.29 is 8.78 Å². The first kappa shape index (κ1) is 16.1. The van der Waals surface area contributed by atoms with E-state index in [1.807, 2.05) is 24.5 Å². The van der Waals surface area contributed by atoms with Gasteiger partial charge in [0.15, 0.2) is 5.65 Å². The van der Waals surface area contributed by atoms with E-state index in [2.05, 4.69) is 30.4 Å². The molecule has 0 aliphatic heterocycles. The lowest BCUT2D eigenvalue weighted by Gasteiger charge is -2.28. The second-order valence-corrected chi connectivity index (χ2v) is 6.91. The fourth-order valence-corrected chi connectivity index (χ4v) is 3.56. The van der Waals surface area contributed by atoms with Crippen LogP contribution in [0.5, 0.6) is 0 Å². The molecule has 2 N–H and O–H groups in total. The Kier molecular flexibility index (Phi) is 3.56. The average Bonchev–Trinajstić information content (AvgIpc) is 3.29. The molecule has 0 saturated heterocycles. The highest BCUT2D eigenvalue weighted by atomic mass is 19.3. The number of hydrogen-bond donors (Lipinski definition) is 2. The molecule has 5 rings (SSSR count). The molecule has 0 spiro atoms. The van der Waals surface area contributed by atoms with Crippen molar-refractivity contribution in [3.8, 4) is 11.1 Å². The molecular formula is C18H17F2N7. The van der Waals surface area contributed by atoms with E-state index in [0.717, 1.165) is 22.2 Å². The van der Waals surface area contributed by atoms with Crippen molar-refractivity contribution in [1.82, 2.24) is 29.5 Å². The zero-order valence-corrected chi connectivity index (χ0v) is 14.4. The molecule has 1 aliphatic carbocycles. The van der Waals surface area contributed by atoms with Gasteiger partial charge in [-0.2, -0.15) is 10.1 Å². The summed E-state index contributed by atoms with van der Waals surface area (Å²) in [4.78, 5) is 16.2. The number of alkyl halides is 2. The highest BCUT2D eigenvalue weighted by Gasteiger charge is 2.35. The first-order valence-corrected chi connectivity index (χ1v) is 8.86. The zero-order valence-electron chi connectivity index (χ0n) is 14.4. The maximum absolute atomic E-state index is 13.3. The first-order valence-electron chi connectivity index (χ1n) is 8.86. The Bertz CT molecular complexity index is 1110. The number of anilines is 1. The molecule has 0 aromatic carbocycles. The number of rotatable bonds is 3. The van der Waals surface area contributed by atoms with Gasteiger partial charge in [-0.05, 0) is 25.0 Å². The van der Waals surface area contributed by atoms with Crippen molar-refractivity contribution in [2.24, 2.45) is 0 Å². The lowest BCUT2D eigenvalue weighted by atomic mass is 9.92. The Balaban J connectivity index is 1.41. The van der Waals surface area contributed by atoms with Crippen molar-refractivity contribution in [2.75, 3.05) is 5.32 Å². The highest BCUT2D eigenvalue weighted by molar-refractivity contribution is 5.93. The Labute approximate surface area is 152 Å². The molecule has 0 bridgehead atoms. The van der Waals surface area contributed by atoms with E-state index in [1.54, 1.807) is 10.7 Å². The number of H-pyrrole nitrogens is 1. The fourth-order valence-electron chi connectivity index (χ4n) is 3.56. The van der Waals surface area contributed by atoms with Crippen LogP contribution < -0.4 is 5.32 Å². The Hall–Kier alpha value is -3.10. The molecule has 1 saturated carbocycles. The number of aromatic amines is 1. The van der Waals surface area contributed by atoms with Crippen molar-refractivity contribution in [3.05, 3.63) is 37.1 Å². The summed E-state index contributed by atoms with van der Waals surface area (Å²) in [6.07, 6.45) is 7.69. The topological polar surface area (TPSA) is 83.8 Å². The molecule has 0 radical (unpaired) electrons. The molecule has 4 heterocycles. The summed E-state index contributed by atoms with van der Waals surface area (Å²) < 4.78 is 28.3. The SMILES string of the molecule is FC1(F)CCC(Nc2ncc3c(-c4ccc5ncnn5c4)c[nH]c3n2)CC1. The van der Waals surface area contributed by atoms with E-state index in [1.165, 1.54) is 6.33 Å². The van der Waals surface area contributed by atoms with Crippen LogP contribution in [0, 0.1) is 0 Å². The van der Waals surface area contributed by atoms with Crippen LogP contribution in [-0.2, 0) is 0 Å². The van der Waals surface area contributed by atoms with Crippen LogP contribution >= 0.6 is 0 Å². The van der Waals surface area contributed by atoms with Crippen molar-refractivity contribution >= 4 is 22.6 Å². The van der Waals surface area contributed by atoms with Crippen LogP contribution in [-0.4, -0.2) is 41.5 Å². The van der Waals surface area contributed by atoms with Gasteiger partial charge in [-0.15, -0.1) is 0 Å². The van der Waals surface area contributed by atoms with E-state index in [0.29, 0.717) is 24.4 Å². The third-order valence-corrected chi connectivity index (χ3v) is 5.07. The Morgan fingerprint density at radius 1 is 1.19 bits per heavy atom. The molecule has 1 aliphatic rings. The second-order valence-electron chi connectivity index (χ2n) is 6.91. The van der Waals surface area contributed by atoms with E-state index >= 15 is 0 Å². The summed E-state index contributed by atoms with van der Waals surface area (Å²) in [5.74, 6) is -2.08. The molecule has 4 aromatic heterocycles. The van der Waals surface area contributed by atoms with Gasteiger partial charge in [0.05, 0.1) is 0 Å². The van der Waals surface area contributed by atoms with Crippen molar-refractivity contribution in [2.45, 2.75) is 37.6 Å². The minimum absolute atomic E-state index is 0.0220. The van der Waals surface area contributed by atoms with Crippen LogP contribution in [0.15, 0.2) is 37.1 Å². The third kappa shape index (κ3) is 2.98. The average molecular weight is 369 g/mol. The van der Waals surface area contributed by atoms with Gasteiger partial charge in [0.2, 0.25) is 11.9 Å². The van der Waals surface area contributed by atoms with Crippen LogP contribution in [0.3, 0.4) is 0 Å². The third-order valence-electron chi connectivity index (χ3n) is 5.07. The molecular weight excluding hydrogens is 352 g/mol. The summed E-state index contributed by atoms with van der Waals surface area (Å²) in [6.45, 7) is 0. The van der Waals surface area contributed by atoms with Gasteiger partial charge in [-0.3, -0.25) is 0 Å². The quantitative estimate of drug-likeness (QED) is 0.576. The molecule has 9 heteroatoms. The standard InChI is InChI=1S/C18H17F2N7/c19-18(20)5-3-12(4-6-18)25-17-22-8-14-13(7-21-16(14)26-17)11-1-2-15-23-10-24-27(15)9-11/h1-2,7-10,12H,3-6H2,(H2,21,22,25,26). The van der Waals surface area contributed by atoms with E-state index in [4.69, 9.17) is 0 Å². The Morgan fingerprint density at radius 2 is 2.04 bits per heavy atom. The predicted octanol–water partition coefficient (Wildman–Crippen LogP) is 3.66. The smallest absolute Gasteiger partial charge is 0.248 e. The normalized spacial score (nSPS) is 17.6. The van der Waals surface area contributed by atoms with Crippen molar-refractivity contribution in [3.63, 3.8) is 0 Å². The van der Waals surface area contributed by atoms with Crippen molar-refractivity contribution in [1.29, 1.82) is 0 Å². The molecule has 0 unspecified atom stereocenters. The molecule has 1 fully saturated rings. The molecule has 138 valence electrons. The zero-order chi connectivity index (χ0) is 18.4. The number of fused-ring (bicyclic) bond motifs is 2. The van der Waals surface area contributed by atoms with Gasteiger partial charge >= 0.3 is 0 Å². The summed E-state index contributed by atoms with van der Waals surface area (Å²) in [6, 6.07) is 3.85. The molecule has 0 amide bonds. The highest BCUT2D eigenvalue weighted by Crippen LogP contribution is 2.34. The largest absolute Gasteiger partial charge is 0.351 e. The fraction of sp³-hybridized carbons (Fsp3) is 0.333. The molecule has 4 aromatic rings. The van der Waals surface area contributed by atoms with Crippen LogP contribution in [0.2, 0.25) is 0 Å². The van der Waals surface area contributed by atoms with Crippen LogP contribution in [0.4, 0.5) is 14.7 Å². The summed E-state index contributed by atoms with van der Waals surface area (Å²) >= 11 is 0. The minimum atomic E-state index is -2.54. The van der Waals surface area contributed by atoms with E-state index < -0.39 is 5.92 Å².